The van der Waals surface area contributed by atoms with E-state index in [4.69, 9.17) is 33.2 Å². The van der Waals surface area contributed by atoms with E-state index in [2.05, 4.69) is 0 Å². The van der Waals surface area contributed by atoms with Crippen LogP contribution in [0.3, 0.4) is 0 Å². The Hall–Kier alpha value is 0.827. The average molecular weight is 228 g/mol. The Morgan fingerprint density at radius 2 is 1.91 bits per heavy atom. The highest BCUT2D eigenvalue weighted by molar-refractivity contribution is 7.67. The van der Waals surface area contributed by atoms with Gasteiger partial charge in [0.05, 0.1) is 0 Å². The second kappa shape index (κ2) is 2.66. The van der Waals surface area contributed by atoms with Crippen LogP contribution in [-0.4, -0.2) is 6.00 Å². The highest BCUT2D eigenvalue weighted by Gasteiger charge is 2.41. The maximum Gasteiger partial charge on any atom is 0.368 e. The van der Waals surface area contributed by atoms with E-state index in [0.717, 1.165) is 12.3 Å². The molecule has 2 rings (SSSR count). The molecule has 1 atom stereocenters. The minimum absolute atomic E-state index is 0.822. The first kappa shape index (κ1) is 8.43. The first-order valence-corrected chi connectivity index (χ1v) is 8.89. The molecule has 1 unspecified atom stereocenters. The Kier molecular flexibility index (Phi) is 2.04. The summed E-state index contributed by atoms with van der Waals surface area (Å²) in [6, 6.07) is -2.48. The van der Waals surface area contributed by atoms with E-state index in [0.29, 0.717) is 0 Å². The van der Waals surface area contributed by atoms with E-state index in [1.807, 2.05) is 0 Å². The van der Waals surface area contributed by atoms with Gasteiger partial charge in [-0.25, -0.2) is 0 Å². The zero-order chi connectivity index (χ0) is 8.06. The zero-order valence-electron chi connectivity index (χ0n) is 6.04. The van der Waals surface area contributed by atoms with Crippen LogP contribution >= 0.6 is 33.2 Å². The van der Waals surface area contributed by atoms with Gasteiger partial charge in [-0.3, -0.25) is 0 Å². The van der Waals surface area contributed by atoms with Crippen molar-refractivity contribution in [1.29, 1.82) is 0 Å². The molecule has 1 fully saturated rings. The molecule has 2 aliphatic carbocycles. The number of hydrogen-bond donors (Lipinski definition) is 0. The Bertz CT molecular complexity index is 216. The van der Waals surface area contributed by atoms with Crippen LogP contribution in [0.15, 0.2) is 10.8 Å². The van der Waals surface area contributed by atoms with Gasteiger partial charge in [-0.05, 0) is 36.8 Å². The lowest BCUT2D eigenvalue weighted by Gasteiger charge is -2.16. The van der Waals surface area contributed by atoms with Crippen molar-refractivity contribution in [3.63, 3.8) is 0 Å². The Balaban J connectivity index is 2.28. The standard InChI is InChI=1S/C7H9Cl3Si/c8-11(9,10)7-4-5-1-2-6(7)3-5/h5H,1-4H2. The van der Waals surface area contributed by atoms with Gasteiger partial charge in [0.25, 0.3) is 0 Å². The summed E-state index contributed by atoms with van der Waals surface area (Å²) in [6.07, 6.45) is 4.82. The monoisotopic (exact) mass is 226 g/mol. The highest BCUT2D eigenvalue weighted by Crippen LogP contribution is 2.49. The van der Waals surface area contributed by atoms with Gasteiger partial charge in [0.15, 0.2) is 0 Å². The quantitative estimate of drug-likeness (QED) is 0.474. The van der Waals surface area contributed by atoms with Gasteiger partial charge in [0.1, 0.15) is 0 Å². The molecule has 0 aliphatic heterocycles. The SMILES string of the molecule is Cl[Si](Cl)(Cl)C1=C2CCC(C2)C1. The molecule has 0 aromatic heterocycles. The molecule has 62 valence electrons. The summed E-state index contributed by atoms with van der Waals surface area (Å²) in [6.45, 7) is 0. The fourth-order valence-electron chi connectivity index (χ4n) is 2.13. The minimum atomic E-state index is -2.48. The van der Waals surface area contributed by atoms with E-state index >= 15 is 0 Å². The maximum atomic E-state index is 5.95. The van der Waals surface area contributed by atoms with Gasteiger partial charge in [-0.2, -0.15) is 0 Å². The van der Waals surface area contributed by atoms with Crippen molar-refractivity contribution in [3.05, 3.63) is 10.8 Å². The molecule has 11 heavy (non-hydrogen) atoms. The number of halogens is 3. The third-order valence-electron chi connectivity index (χ3n) is 2.65. The van der Waals surface area contributed by atoms with Crippen molar-refractivity contribution in [2.45, 2.75) is 25.7 Å². The Morgan fingerprint density at radius 3 is 2.18 bits per heavy atom. The summed E-state index contributed by atoms with van der Waals surface area (Å²) in [5.41, 5.74) is 1.47. The summed E-state index contributed by atoms with van der Waals surface area (Å²) in [4.78, 5) is 0. The fraction of sp³-hybridized carbons (Fsp3) is 0.714. The molecule has 1 saturated carbocycles. The van der Waals surface area contributed by atoms with Crippen molar-refractivity contribution in [2.24, 2.45) is 5.92 Å². The molecule has 0 aromatic carbocycles. The molecule has 0 nitrogen and oxygen atoms in total. The van der Waals surface area contributed by atoms with Crippen molar-refractivity contribution < 1.29 is 0 Å². The number of allylic oxidation sites excluding steroid dienone is 2. The third kappa shape index (κ3) is 1.49. The maximum absolute atomic E-state index is 5.95. The molecule has 2 aliphatic rings. The van der Waals surface area contributed by atoms with E-state index < -0.39 is 6.00 Å². The van der Waals surface area contributed by atoms with Gasteiger partial charge in [0, 0.05) is 0 Å². The van der Waals surface area contributed by atoms with Crippen molar-refractivity contribution in [1.82, 2.24) is 0 Å². The first-order valence-electron chi connectivity index (χ1n) is 3.85. The van der Waals surface area contributed by atoms with Crippen molar-refractivity contribution in [3.8, 4) is 0 Å². The lowest BCUT2D eigenvalue weighted by Crippen LogP contribution is -2.16. The number of fused-ring (bicyclic) bond motifs is 2. The molecular formula is C7H9Cl3Si. The molecule has 0 heterocycles. The first-order chi connectivity index (χ1) is 5.07. The van der Waals surface area contributed by atoms with E-state index in [1.54, 1.807) is 0 Å². The van der Waals surface area contributed by atoms with E-state index in [1.165, 1.54) is 30.0 Å². The molecule has 0 spiro atoms. The van der Waals surface area contributed by atoms with Crippen LogP contribution in [0.4, 0.5) is 0 Å². The summed E-state index contributed by atoms with van der Waals surface area (Å²) >= 11 is 17.8. The van der Waals surface area contributed by atoms with E-state index in [-0.39, 0.29) is 0 Å². The number of rotatable bonds is 1. The van der Waals surface area contributed by atoms with Gasteiger partial charge < -0.3 is 0 Å². The Labute approximate surface area is 81.6 Å². The fourth-order valence-corrected chi connectivity index (χ4v) is 5.17. The zero-order valence-corrected chi connectivity index (χ0v) is 9.31. The van der Waals surface area contributed by atoms with Gasteiger partial charge in [-0.1, -0.05) is 5.57 Å². The lowest BCUT2D eigenvalue weighted by atomic mass is 10.1. The van der Waals surface area contributed by atoms with Gasteiger partial charge >= 0.3 is 6.00 Å². The summed E-state index contributed by atoms with van der Waals surface area (Å²) in [7, 11) is 0. The van der Waals surface area contributed by atoms with Crippen LogP contribution < -0.4 is 0 Å². The second-order valence-electron chi connectivity index (χ2n) is 3.39. The predicted octanol–water partition coefficient (Wildman–Crippen LogP) is 3.68. The molecular weight excluding hydrogens is 219 g/mol. The van der Waals surface area contributed by atoms with Gasteiger partial charge in [0.2, 0.25) is 0 Å². The normalized spacial score (nSPS) is 30.3. The molecule has 0 radical (unpaired) electrons. The summed E-state index contributed by atoms with van der Waals surface area (Å²) in [5.74, 6) is 0.822. The molecule has 0 N–H and O–H groups in total. The average Bonchev–Trinajstić information content (AvgIpc) is 2.42. The smallest absolute Gasteiger partial charge is 0.121 e. The van der Waals surface area contributed by atoms with Crippen molar-refractivity contribution >= 4 is 39.2 Å². The van der Waals surface area contributed by atoms with Crippen LogP contribution in [0.25, 0.3) is 0 Å². The summed E-state index contributed by atoms with van der Waals surface area (Å²) in [5, 5.41) is 1.22. The van der Waals surface area contributed by atoms with E-state index in [9.17, 15) is 0 Å². The lowest BCUT2D eigenvalue weighted by molar-refractivity contribution is 0.571. The van der Waals surface area contributed by atoms with Crippen LogP contribution in [0.1, 0.15) is 25.7 Å². The topological polar surface area (TPSA) is 0 Å². The highest BCUT2D eigenvalue weighted by atomic mass is 35.8. The molecule has 0 saturated heterocycles. The number of hydrogen-bond acceptors (Lipinski definition) is 0. The molecule has 4 heteroatoms. The second-order valence-corrected chi connectivity index (χ2v) is 11.8. The molecule has 2 bridgehead atoms. The minimum Gasteiger partial charge on any atom is -0.121 e. The Morgan fingerprint density at radius 1 is 1.18 bits per heavy atom. The van der Waals surface area contributed by atoms with Gasteiger partial charge in [-0.15, -0.1) is 33.2 Å². The molecule has 0 aromatic rings. The largest absolute Gasteiger partial charge is 0.368 e. The van der Waals surface area contributed by atoms with Crippen LogP contribution in [0.5, 0.6) is 0 Å². The summed E-state index contributed by atoms with van der Waals surface area (Å²) < 4.78 is 0. The molecule has 0 amide bonds. The third-order valence-corrected chi connectivity index (χ3v) is 5.95. The van der Waals surface area contributed by atoms with Crippen LogP contribution in [0, 0.1) is 5.92 Å². The van der Waals surface area contributed by atoms with Crippen LogP contribution in [-0.2, 0) is 0 Å². The van der Waals surface area contributed by atoms with Crippen LogP contribution in [0.2, 0.25) is 0 Å². The van der Waals surface area contributed by atoms with Crippen molar-refractivity contribution in [2.75, 3.05) is 0 Å². The predicted molar refractivity (Wildman–Crippen MR) is 52.3 cm³/mol.